The third-order valence-electron chi connectivity index (χ3n) is 6.59. The fraction of sp³-hybridized carbons (Fsp3) is 0.200. The fourth-order valence-electron chi connectivity index (χ4n) is 4.58. The Morgan fingerprint density at radius 1 is 1.00 bits per heavy atom. The number of hydrogen-bond donors (Lipinski definition) is 1. The molecule has 1 aromatic heterocycles. The van der Waals surface area contributed by atoms with Crippen LogP contribution in [0.15, 0.2) is 72.3 Å². The van der Waals surface area contributed by atoms with Gasteiger partial charge in [0.2, 0.25) is 0 Å². The van der Waals surface area contributed by atoms with Gasteiger partial charge in [-0.2, -0.15) is 0 Å². The number of aliphatic hydroxyl groups excluding tert-OH is 1. The molecule has 9 heteroatoms. The van der Waals surface area contributed by atoms with Crippen molar-refractivity contribution in [3.05, 3.63) is 94.6 Å². The molecule has 3 aromatic carbocycles. The summed E-state index contributed by atoms with van der Waals surface area (Å²) < 4.78 is 11.2. The minimum atomic E-state index is -0.963. The number of ketones is 1. The average Bonchev–Trinajstić information content (AvgIpc) is 3.50. The van der Waals surface area contributed by atoms with Crippen molar-refractivity contribution in [1.82, 2.24) is 4.98 Å². The molecule has 5 rings (SSSR count). The summed E-state index contributed by atoms with van der Waals surface area (Å²) in [7, 11) is 1.29. The number of aliphatic hydroxyl groups is 1. The van der Waals surface area contributed by atoms with Crippen LogP contribution in [0.3, 0.4) is 0 Å². The van der Waals surface area contributed by atoms with Crippen LogP contribution in [0.4, 0.5) is 5.13 Å². The monoisotopic (exact) mass is 542 g/mol. The number of aryl methyl sites for hydroxylation is 1. The number of aromatic nitrogens is 1. The van der Waals surface area contributed by atoms with Crippen LogP contribution in [0.5, 0.6) is 5.75 Å². The molecule has 1 aliphatic rings. The summed E-state index contributed by atoms with van der Waals surface area (Å²) in [6.07, 6.45) is 0.850. The van der Waals surface area contributed by atoms with Gasteiger partial charge in [0.05, 0.1) is 41.1 Å². The van der Waals surface area contributed by atoms with Crippen molar-refractivity contribution < 1.29 is 29.0 Å². The van der Waals surface area contributed by atoms with E-state index in [1.54, 1.807) is 48.5 Å². The van der Waals surface area contributed by atoms with Crippen LogP contribution >= 0.6 is 11.3 Å². The highest BCUT2D eigenvalue weighted by atomic mass is 32.1. The number of methoxy groups -OCH3 is 1. The molecule has 0 aliphatic carbocycles. The lowest BCUT2D eigenvalue weighted by Crippen LogP contribution is -2.29. The molecular formula is C30H26N2O6S. The van der Waals surface area contributed by atoms with Crippen LogP contribution in [-0.2, 0) is 20.7 Å². The molecule has 0 bridgehead atoms. The van der Waals surface area contributed by atoms with E-state index >= 15 is 0 Å². The number of nitrogens with zero attached hydrogens (tertiary/aromatic N) is 2. The SMILES string of the molecule is CCOc1ccc(C(O)=C2C(=O)C(=O)N(c3nc4ccc(CC)cc4s3)[C@@H]2c2ccc(C(=O)OC)cc2)cc1. The van der Waals surface area contributed by atoms with Gasteiger partial charge in [-0.15, -0.1) is 0 Å². The van der Waals surface area contributed by atoms with E-state index in [1.807, 2.05) is 25.1 Å². The first-order valence-electron chi connectivity index (χ1n) is 12.5. The molecule has 0 radical (unpaired) electrons. The summed E-state index contributed by atoms with van der Waals surface area (Å²) >= 11 is 1.30. The zero-order chi connectivity index (χ0) is 27.7. The second-order valence-electron chi connectivity index (χ2n) is 8.89. The lowest BCUT2D eigenvalue weighted by Gasteiger charge is -2.23. The summed E-state index contributed by atoms with van der Waals surface area (Å²) in [6, 6.07) is 18.0. The Hall–Kier alpha value is -4.50. The van der Waals surface area contributed by atoms with E-state index in [4.69, 9.17) is 9.47 Å². The number of amides is 1. The Balaban J connectivity index is 1.67. The summed E-state index contributed by atoms with van der Waals surface area (Å²) in [4.78, 5) is 45.0. The van der Waals surface area contributed by atoms with E-state index in [0.29, 0.717) is 39.7 Å². The zero-order valence-electron chi connectivity index (χ0n) is 21.6. The highest BCUT2D eigenvalue weighted by molar-refractivity contribution is 7.22. The number of esters is 1. The highest BCUT2D eigenvalue weighted by Gasteiger charge is 2.48. The van der Waals surface area contributed by atoms with Gasteiger partial charge < -0.3 is 14.6 Å². The normalized spacial score (nSPS) is 16.6. The third-order valence-corrected chi connectivity index (χ3v) is 7.60. The van der Waals surface area contributed by atoms with Crippen LogP contribution in [0.1, 0.15) is 46.9 Å². The van der Waals surface area contributed by atoms with Crippen molar-refractivity contribution in [2.24, 2.45) is 0 Å². The number of carbonyl (C=O) groups excluding carboxylic acids is 3. The lowest BCUT2D eigenvalue weighted by atomic mass is 9.94. The summed E-state index contributed by atoms with van der Waals surface area (Å²) in [5, 5.41) is 11.7. The summed E-state index contributed by atoms with van der Waals surface area (Å²) in [5.41, 5.74) is 2.98. The van der Waals surface area contributed by atoms with E-state index in [1.165, 1.54) is 23.3 Å². The number of ether oxygens (including phenoxy) is 2. The number of hydrogen-bond acceptors (Lipinski definition) is 8. The van der Waals surface area contributed by atoms with E-state index < -0.39 is 23.7 Å². The minimum absolute atomic E-state index is 0.0662. The standard InChI is InChI=1S/C30H26N2O6S/c1-4-17-6-15-22-23(16-17)39-30(31-22)32-25(18-7-9-20(10-8-18)29(36)37-3)24(27(34)28(32)35)26(33)19-11-13-21(14-12-19)38-5-2/h6-16,25,33H,4-5H2,1-3H3/t25-/m1/s1. The summed E-state index contributed by atoms with van der Waals surface area (Å²) in [6.45, 7) is 4.41. The first-order valence-corrected chi connectivity index (χ1v) is 13.3. The molecule has 1 fully saturated rings. The molecule has 8 nitrogen and oxygen atoms in total. The van der Waals surface area contributed by atoms with Crippen LogP contribution in [0.25, 0.3) is 16.0 Å². The maximum Gasteiger partial charge on any atom is 0.337 e. The average molecular weight is 543 g/mol. The van der Waals surface area contributed by atoms with Crippen molar-refractivity contribution in [3.8, 4) is 5.75 Å². The zero-order valence-corrected chi connectivity index (χ0v) is 22.5. The van der Waals surface area contributed by atoms with E-state index in [2.05, 4.69) is 11.9 Å². The molecule has 2 heterocycles. The number of rotatable bonds is 7. The first kappa shape index (κ1) is 26.1. The smallest absolute Gasteiger partial charge is 0.337 e. The van der Waals surface area contributed by atoms with Crippen molar-refractivity contribution in [2.75, 3.05) is 18.6 Å². The van der Waals surface area contributed by atoms with Gasteiger partial charge in [-0.3, -0.25) is 14.5 Å². The van der Waals surface area contributed by atoms with E-state index in [9.17, 15) is 19.5 Å². The number of benzene rings is 3. The van der Waals surface area contributed by atoms with Gasteiger partial charge in [-0.1, -0.05) is 36.5 Å². The molecule has 1 amide bonds. The molecule has 39 heavy (non-hydrogen) atoms. The second kappa shape index (κ2) is 10.7. The number of carbonyl (C=O) groups is 3. The molecule has 1 saturated heterocycles. The largest absolute Gasteiger partial charge is 0.507 e. The molecule has 0 spiro atoms. The molecule has 198 valence electrons. The van der Waals surface area contributed by atoms with Gasteiger partial charge in [0.15, 0.2) is 5.13 Å². The molecule has 0 saturated carbocycles. The van der Waals surface area contributed by atoms with Gasteiger partial charge in [-0.05, 0) is 73.0 Å². The lowest BCUT2D eigenvalue weighted by molar-refractivity contribution is -0.132. The van der Waals surface area contributed by atoms with E-state index in [-0.39, 0.29) is 11.3 Å². The van der Waals surface area contributed by atoms with Gasteiger partial charge >= 0.3 is 11.9 Å². The number of fused-ring (bicyclic) bond motifs is 1. The fourth-order valence-corrected chi connectivity index (χ4v) is 5.63. The molecule has 1 atom stereocenters. The topological polar surface area (TPSA) is 106 Å². The predicted octanol–water partition coefficient (Wildman–Crippen LogP) is 5.67. The Morgan fingerprint density at radius 3 is 2.33 bits per heavy atom. The summed E-state index contributed by atoms with van der Waals surface area (Å²) in [5.74, 6) is -1.82. The first-order chi connectivity index (χ1) is 18.9. The number of thiazole rings is 1. The van der Waals surface area contributed by atoms with Gasteiger partial charge in [0, 0.05) is 5.56 Å². The Kier molecular flexibility index (Phi) is 7.17. The Morgan fingerprint density at radius 2 is 1.69 bits per heavy atom. The maximum atomic E-state index is 13.5. The molecule has 4 aromatic rings. The van der Waals surface area contributed by atoms with Crippen LogP contribution < -0.4 is 9.64 Å². The molecular weight excluding hydrogens is 516 g/mol. The van der Waals surface area contributed by atoms with Gasteiger partial charge in [0.25, 0.3) is 5.78 Å². The van der Waals surface area contributed by atoms with Gasteiger partial charge in [0.1, 0.15) is 11.5 Å². The molecule has 0 unspecified atom stereocenters. The Labute approximate surface area is 229 Å². The quantitative estimate of drug-likeness (QED) is 0.139. The highest BCUT2D eigenvalue weighted by Crippen LogP contribution is 2.44. The van der Waals surface area contributed by atoms with Crippen LogP contribution in [0.2, 0.25) is 0 Å². The number of Topliss-reactive ketones (excluding diaryl/α,β-unsaturated/α-hetero) is 1. The second-order valence-corrected chi connectivity index (χ2v) is 9.90. The van der Waals surface area contributed by atoms with Crippen molar-refractivity contribution in [1.29, 1.82) is 0 Å². The van der Waals surface area contributed by atoms with Crippen LogP contribution in [0, 0.1) is 0 Å². The number of anilines is 1. The van der Waals surface area contributed by atoms with Crippen molar-refractivity contribution >= 4 is 50.1 Å². The molecule has 1 aliphatic heterocycles. The van der Waals surface area contributed by atoms with Gasteiger partial charge in [-0.25, -0.2) is 9.78 Å². The minimum Gasteiger partial charge on any atom is -0.507 e. The molecule has 1 N–H and O–H groups in total. The Bertz CT molecular complexity index is 1600. The van der Waals surface area contributed by atoms with Crippen molar-refractivity contribution in [3.63, 3.8) is 0 Å². The maximum absolute atomic E-state index is 13.5. The third kappa shape index (κ3) is 4.77. The predicted molar refractivity (Wildman–Crippen MR) is 149 cm³/mol. The van der Waals surface area contributed by atoms with E-state index in [0.717, 1.165) is 16.7 Å². The van der Waals surface area contributed by atoms with Crippen LogP contribution in [-0.4, -0.2) is 41.5 Å². The van der Waals surface area contributed by atoms with Crippen molar-refractivity contribution in [2.45, 2.75) is 26.3 Å².